The first-order valence-corrected chi connectivity index (χ1v) is 12.4. The zero-order valence-corrected chi connectivity index (χ0v) is 19.0. The molecule has 166 valence electrons. The summed E-state index contributed by atoms with van der Waals surface area (Å²) in [6, 6.07) is 19.4. The molecular weight excluding hydrogens is 458 g/mol. The van der Waals surface area contributed by atoms with Crippen molar-refractivity contribution in [2.45, 2.75) is 17.4 Å². The quantitative estimate of drug-likeness (QED) is 0.450. The number of nitrogens with zero attached hydrogens (tertiary/aromatic N) is 2. The summed E-state index contributed by atoms with van der Waals surface area (Å²) in [7, 11) is -3.85. The van der Waals surface area contributed by atoms with Gasteiger partial charge in [-0.15, -0.1) is 6.58 Å². The van der Waals surface area contributed by atoms with E-state index in [-0.39, 0.29) is 10.8 Å². The molecular formula is C24H19N3O4S2. The van der Waals surface area contributed by atoms with Gasteiger partial charge in [-0.3, -0.25) is 4.79 Å². The van der Waals surface area contributed by atoms with E-state index in [0.29, 0.717) is 27.5 Å². The number of thiazole rings is 1. The van der Waals surface area contributed by atoms with E-state index in [2.05, 4.69) is 11.6 Å². The summed E-state index contributed by atoms with van der Waals surface area (Å²) in [6.07, 6.45) is 1.70. The van der Waals surface area contributed by atoms with Crippen LogP contribution in [0.4, 0.5) is 0 Å². The van der Waals surface area contributed by atoms with Crippen LogP contribution in [0.3, 0.4) is 0 Å². The number of para-hydroxylation sites is 2. The zero-order valence-electron chi connectivity index (χ0n) is 17.3. The molecule has 1 aromatic heterocycles. The van der Waals surface area contributed by atoms with E-state index in [4.69, 9.17) is 9.88 Å². The number of fused-ring (bicyclic) bond motifs is 3. The molecule has 2 N–H and O–H groups in total. The summed E-state index contributed by atoms with van der Waals surface area (Å²) in [4.78, 5) is 18.5. The summed E-state index contributed by atoms with van der Waals surface area (Å²) >= 11 is 1.23. The van der Waals surface area contributed by atoms with Crippen molar-refractivity contribution in [1.29, 1.82) is 0 Å². The number of rotatable bonds is 4. The number of hydrogen-bond donors (Lipinski definition) is 1. The smallest absolute Gasteiger partial charge is 0.260 e. The molecule has 1 aliphatic rings. The lowest BCUT2D eigenvalue weighted by atomic mass is 9.87. The number of primary sulfonamides is 1. The fraction of sp³-hybridized carbons (Fsp3) is 0.0833. The minimum atomic E-state index is -3.85. The average molecular weight is 478 g/mol. The Morgan fingerprint density at radius 3 is 2.33 bits per heavy atom. The Kier molecular flexibility index (Phi) is 5.24. The molecule has 0 radical (unpaired) electrons. The van der Waals surface area contributed by atoms with Gasteiger partial charge in [0, 0.05) is 17.7 Å². The molecule has 0 fully saturated rings. The van der Waals surface area contributed by atoms with E-state index in [1.165, 1.54) is 23.5 Å². The highest BCUT2D eigenvalue weighted by atomic mass is 32.2. The number of sulfonamides is 1. The fourth-order valence-electron chi connectivity index (χ4n) is 3.96. The van der Waals surface area contributed by atoms with Crippen molar-refractivity contribution in [2.75, 3.05) is 0 Å². The number of nitrogens with two attached hydrogens (primary N) is 1. The van der Waals surface area contributed by atoms with Crippen LogP contribution in [0.2, 0.25) is 0 Å². The summed E-state index contributed by atoms with van der Waals surface area (Å²) in [5.41, 5.74) is 2.24. The number of hydrogen-bond acceptors (Lipinski definition) is 5. The van der Waals surface area contributed by atoms with Crippen LogP contribution < -0.4 is 14.7 Å². The van der Waals surface area contributed by atoms with Gasteiger partial charge in [0.25, 0.3) is 5.91 Å². The molecule has 0 saturated heterocycles. The molecule has 0 aliphatic carbocycles. The molecule has 0 atom stereocenters. The molecule has 0 saturated carbocycles. The van der Waals surface area contributed by atoms with Crippen LogP contribution in [-0.2, 0) is 21.4 Å². The number of ether oxygens (including phenoxy) is 1. The third-order valence-corrected chi connectivity index (χ3v) is 7.38. The van der Waals surface area contributed by atoms with Gasteiger partial charge in [-0.1, -0.05) is 53.8 Å². The van der Waals surface area contributed by atoms with Crippen molar-refractivity contribution in [3.8, 4) is 11.5 Å². The normalized spacial score (nSPS) is 13.9. The predicted octanol–water partition coefficient (Wildman–Crippen LogP) is 3.90. The van der Waals surface area contributed by atoms with E-state index in [0.717, 1.165) is 16.6 Å². The van der Waals surface area contributed by atoms with Gasteiger partial charge in [0.1, 0.15) is 11.5 Å². The van der Waals surface area contributed by atoms with Gasteiger partial charge in [-0.05, 0) is 30.3 Å². The van der Waals surface area contributed by atoms with Crippen LogP contribution in [0, 0.1) is 0 Å². The molecule has 0 spiro atoms. The third kappa shape index (κ3) is 3.80. The molecule has 0 unspecified atom stereocenters. The maximum absolute atomic E-state index is 13.6. The van der Waals surface area contributed by atoms with Crippen LogP contribution in [0.25, 0.3) is 10.2 Å². The van der Waals surface area contributed by atoms with E-state index in [1.807, 2.05) is 53.1 Å². The first-order chi connectivity index (χ1) is 15.9. The first kappa shape index (κ1) is 21.3. The number of benzene rings is 3. The summed E-state index contributed by atoms with van der Waals surface area (Å²) in [6.45, 7) is 4.20. The topological polar surface area (TPSA) is 104 Å². The van der Waals surface area contributed by atoms with E-state index in [9.17, 15) is 13.2 Å². The monoisotopic (exact) mass is 477 g/mol. The Bertz CT molecular complexity index is 1550. The lowest BCUT2D eigenvalue weighted by molar-refractivity contribution is -0.118. The second kappa shape index (κ2) is 8.11. The highest BCUT2D eigenvalue weighted by Gasteiger charge is 2.32. The lowest BCUT2D eigenvalue weighted by Crippen LogP contribution is -2.22. The van der Waals surface area contributed by atoms with Crippen LogP contribution in [0.1, 0.15) is 17.0 Å². The van der Waals surface area contributed by atoms with Crippen molar-refractivity contribution < 1.29 is 17.9 Å². The summed E-state index contributed by atoms with van der Waals surface area (Å²) in [5, 5.41) is 5.28. The Morgan fingerprint density at radius 1 is 1.09 bits per heavy atom. The van der Waals surface area contributed by atoms with Crippen LogP contribution in [0.15, 0.2) is 89.3 Å². The maximum Gasteiger partial charge on any atom is 0.260 e. The maximum atomic E-state index is 13.6. The van der Waals surface area contributed by atoms with Gasteiger partial charge in [-0.2, -0.15) is 4.99 Å². The summed E-state index contributed by atoms with van der Waals surface area (Å²) < 4.78 is 32.0. The molecule has 4 aromatic rings. The number of aromatic nitrogens is 1. The largest absolute Gasteiger partial charge is 0.457 e. The summed E-state index contributed by atoms with van der Waals surface area (Å²) in [5.74, 6) is 0.290. The second-order valence-electron chi connectivity index (χ2n) is 7.52. The van der Waals surface area contributed by atoms with Crippen LogP contribution >= 0.6 is 11.3 Å². The molecule has 0 bridgehead atoms. The van der Waals surface area contributed by atoms with Gasteiger partial charge >= 0.3 is 0 Å². The molecule has 7 nitrogen and oxygen atoms in total. The van der Waals surface area contributed by atoms with Gasteiger partial charge in [0.2, 0.25) is 10.0 Å². The highest BCUT2D eigenvalue weighted by molar-refractivity contribution is 7.89. The van der Waals surface area contributed by atoms with E-state index < -0.39 is 15.9 Å². The average Bonchev–Trinajstić information content (AvgIpc) is 3.13. The standard InChI is InChI=1S/C24H19N3O4S2/c1-2-13-27-18-12-11-15(33(25,29)30)14-21(18)32-24(27)26-23(28)22-16-7-3-5-9-19(16)31-20-10-6-4-8-17(20)22/h2-12,14,22H,1,13H2,(H2,25,29,30). The Morgan fingerprint density at radius 2 is 1.73 bits per heavy atom. The molecule has 33 heavy (non-hydrogen) atoms. The molecule has 3 aromatic carbocycles. The molecule has 2 heterocycles. The molecule has 1 aliphatic heterocycles. The van der Waals surface area contributed by atoms with Crippen molar-refractivity contribution in [2.24, 2.45) is 10.1 Å². The first-order valence-electron chi connectivity index (χ1n) is 10.1. The van der Waals surface area contributed by atoms with Crippen molar-refractivity contribution in [1.82, 2.24) is 4.57 Å². The SMILES string of the molecule is C=CCn1c(=NC(=O)C2c3ccccc3Oc3ccccc32)sc2cc(S(N)(=O)=O)ccc21. The van der Waals surface area contributed by atoms with Crippen LogP contribution in [-0.4, -0.2) is 18.9 Å². The lowest BCUT2D eigenvalue weighted by Gasteiger charge is -2.25. The number of carbonyl (C=O) groups is 1. The minimum Gasteiger partial charge on any atom is -0.457 e. The highest BCUT2D eigenvalue weighted by Crippen LogP contribution is 2.44. The minimum absolute atomic E-state index is 0.00663. The zero-order chi connectivity index (χ0) is 23.2. The van der Waals surface area contributed by atoms with E-state index >= 15 is 0 Å². The third-order valence-electron chi connectivity index (χ3n) is 5.43. The molecule has 5 rings (SSSR count). The van der Waals surface area contributed by atoms with Crippen LogP contribution in [0.5, 0.6) is 11.5 Å². The predicted molar refractivity (Wildman–Crippen MR) is 127 cm³/mol. The Labute approximate surface area is 194 Å². The van der Waals surface area contributed by atoms with E-state index in [1.54, 1.807) is 12.1 Å². The van der Waals surface area contributed by atoms with Gasteiger partial charge in [-0.25, -0.2) is 13.6 Å². The Hall–Kier alpha value is -3.53. The fourth-order valence-corrected chi connectivity index (χ4v) is 5.65. The Balaban J connectivity index is 1.69. The van der Waals surface area contributed by atoms with Crippen molar-refractivity contribution >= 4 is 37.5 Å². The van der Waals surface area contributed by atoms with Gasteiger partial charge in [0.15, 0.2) is 4.80 Å². The van der Waals surface area contributed by atoms with Crippen molar-refractivity contribution in [3.05, 3.63) is 95.3 Å². The number of allylic oxidation sites excluding steroid dienone is 1. The molecule has 1 amide bonds. The molecule has 9 heteroatoms. The van der Waals surface area contributed by atoms with Gasteiger partial charge in [0.05, 0.1) is 21.0 Å². The number of amides is 1. The van der Waals surface area contributed by atoms with Gasteiger partial charge < -0.3 is 9.30 Å². The van der Waals surface area contributed by atoms with Crippen molar-refractivity contribution in [3.63, 3.8) is 0 Å². The second-order valence-corrected chi connectivity index (χ2v) is 10.1. The number of carbonyl (C=O) groups excluding carboxylic acids is 1.